The monoisotopic (exact) mass is 275 g/mol. The van der Waals surface area contributed by atoms with Gasteiger partial charge in [-0.25, -0.2) is 9.97 Å². The number of aromatic nitrogens is 4. The van der Waals surface area contributed by atoms with E-state index in [2.05, 4.69) is 34.2 Å². The zero-order valence-electron chi connectivity index (χ0n) is 12.0. The fraction of sp³-hybridized carbons (Fsp3) is 0.500. The molecule has 0 radical (unpaired) electrons. The van der Waals surface area contributed by atoms with Crippen LogP contribution < -0.4 is 10.1 Å². The normalized spacial score (nSPS) is 10.7. The van der Waals surface area contributed by atoms with E-state index in [1.807, 2.05) is 10.9 Å². The first-order valence-corrected chi connectivity index (χ1v) is 7.03. The standard InChI is InChI=1S/C14H21N5O/c1-3-5-15-7-12-8-16-14(17-9-12)20-13-10-18-19(11-13)6-4-2/h8-11,15H,3-7H2,1-2H3. The summed E-state index contributed by atoms with van der Waals surface area (Å²) >= 11 is 0. The van der Waals surface area contributed by atoms with Crippen molar-refractivity contribution in [3.8, 4) is 11.8 Å². The first kappa shape index (κ1) is 14.5. The van der Waals surface area contributed by atoms with E-state index in [0.717, 1.165) is 38.0 Å². The van der Waals surface area contributed by atoms with Crippen LogP contribution in [0.25, 0.3) is 0 Å². The van der Waals surface area contributed by atoms with Crippen LogP contribution in [0.1, 0.15) is 32.3 Å². The molecule has 6 heteroatoms. The van der Waals surface area contributed by atoms with Crippen LogP contribution in [0.2, 0.25) is 0 Å². The second kappa shape index (κ2) is 7.59. The van der Waals surface area contributed by atoms with Gasteiger partial charge in [-0.15, -0.1) is 0 Å². The number of aryl methyl sites for hydroxylation is 1. The summed E-state index contributed by atoms with van der Waals surface area (Å²) in [5, 5.41) is 7.50. The van der Waals surface area contributed by atoms with Crippen LogP contribution in [-0.4, -0.2) is 26.3 Å². The highest BCUT2D eigenvalue weighted by atomic mass is 16.5. The highest BCUT2D eigenvalue weighted by Crippen LogP contribution is 2.16. The van der Waals surface area contributed by atoms with Crippen LogP contribution in [0.15, 0.2) is 24.8 Å². The van der Waals surface area contributed by atoms with Gasteiger partial charge in [-0.1, -0.05) is 13.8 Å². The molecule has 0 amide bonds. The Balaban J connectivity index is 1.89. The van der Waals surface area contributed by atoms with Gasteiger partial charge in [0.2, 0.25) is 0 Å². The summed E-state index contributed by atoms with van der Waals surface area (Å²) in [5.74, 6) is 0.662. The van der Waals surface area contributed by atoms with E-state index in [0.29, 0.717) is 11.8 Å². The van der Waals surface area contributed by atoms with Crippen LogP contribution >= 0.6 is 0 Å². The molecular formula is C14H21N5O. The summed E-state index contributed by atoms with van der Waals surface area (Å²) in [4.78, 5) is 8.40. The Labute approximate surface area is 119 Å². The van der Waals surface area contributed by atoms with Crippen LogP contribution in [-0.2, 0) is 13.1 Å². The second-order valence-electron chi connectivity index (χ2n) is 4.59. The fourth-order valence-electron chi connectivity index (χ4n) is 1.75. The molecule has 2 aromatic heterocycles. The topological polar surface area (TPSA) is 64.9 Å². The molecule has 0 aliphatic carbocycles. The first-order chi connectivity index (χ1) is 9.81. The molecule has 0 aliphatic heterocycles. The summed E-state index contributed by atoms with van der Waals surface area (Å²) in [6.07, 6.45) is 9.24. The van der Waals surface area contributed by atoms with Crippen LogP contribution in [0.5, 0.6) is 11.8 Å². The number of ether oxygens (including phenoxy) is 1. The largest absolute Gasteiger partial charge is 0.421 e. The third kappa shape index (κ3) is 4.31. The minimum absolute atomic E-state index is 0.347. The van der Waals surface area contributed by atoms with Crippen molar-refractivity contribution in [1.29, 1.82) is 0 Å². The third-order valence-electron chi connectivity index (χ3n) is 2.71. The molecule has 0 saturated heterocycles. The van der Waals surface area contributed by atoms with E-state index in [9.17, 15) is 0 Å². The first-order valence-electron chi connectivity index (χ1n) is 7.03. The van der Waals surface area contributed by atoms with Gasteiger partial charge in [0.15, 0.2) is 5.75 Å². The maximum Gasteiger partial charge on any atom is 0.321 e. The fourth-order valence-corrected chi connectivity index (χ4v) is 1.75. The van der Waals surface area contributed by atoms with Gasteiger partial charge >= 0.3 is 6.01 Å². The maximum absolute atomic E-state index is 5.56. The zero-order chi connectivity index (χ0) is 14.2. The smallest absolute Gasteiger partial charge is 0.321 e. The SMILES string of the molecule is CCCNCc1cnc(Oc2cnn(CCC)c2)nc1. The molecular weight excluding hydrogens is 254 g/mol. The van der Waals surface area contributed by atoms with Crippen molar-refractivity contribution in [1.82, 2.24) is 25.1 Å². The highest BCUT2D eigenvalue weighted by Gasteiger charge is 2.03. The molecule has 0 aromatic carbocycles. The summed E-state index contributed by atoms with van der Waals surface area (Å²) < 4.78 is 7.41. The van der Waals surface area contributed by atoms with E-state index >= 15 is 0 Å². The Bertz CT molecular complexity index is 509. The van der Waals surface area contributed by atoms with Crippen molar-refractivity contribution in [2.24, 2.45) is 0 Å². The van der Waals surface area contributed by atoms with E-state index < -0.39 is 0 Å². The van der Waals surface area contributed by atoms with E-state index in [1.165, 1.54) is 0 Å². The molecule has 108 valence electrons. The van der Waals surface area contributed by atoms with Gasteiger partial charge in [0, 0.05) is 31.0 Å². The number of hydrogen-bond acceptors (Lipinski definition) is 5. The Hall–Kier alpha value is -1.95. The predicted octanol–water partition coefficient (Wildman–Crippen LogP) is 2.38. The Kier molecular flexibility index (Phi) is 5.49. The van der Waals surface area contributed by atoms with Crippen LogP contribution in [0.4, 0.5) is 0 Å². The minimum atomic E-state index is 0.347. The number of hydrogen-bond donors (Lipinski definition) is 1. The van der Waals surface area contributed by atoms with Gasteiger partial charge in [0.25, 0.3) is 0 Å². The van der Waals surface area contributed by atoms with Crippen molar-refractivity contribution in [3.05, 3.63) is 30.4 Å². The zero-order valence-corrected chi connectivity index (χ0v) is 12.0. The molecule has 0 unspecified atom stereocenters. The summed E-state index contributed by atoms with van der Waals surface area (Å²) in [6, 6.07) is 0.347. The molecule has 0 aliphatic rings. The van der Waals surface area contributed by atoms with Crippen molar-refractivity contribution in [2.75, 3.05) is 6.54 Å². The molecule has 2 heterocycles. The van der Waals surface area contributed by atoms with Gasteiger partial charge in [-0.2, -0.15) is 5.10 Å². The van der Waals surface area contributed by atoms with Crippen molar-refractivity contribution in [2.45, 2.75) is 39.8 Å². The van der Waals surface area contributed by atoms with Gasteiger partial charge in [-0.05, 0) is 19.4 Å². The molecule has 0 fully saturated rings. The molecule has 1 N–H and O–H groups in total. The van der Waals surface area contributed by atoms with Crippen molar-refractivity contribution in [3.63, 3.8) is 0 Å². The lowest BCUT2D eigenvalue weighted by molar-refractivity contribution is 0.439. The molecule has 2 aromatic rings. The molecule has 2 rings (SSSR count). The van der Waals surface area contributed by atoms with Crippen molar-refractivity contribution >= 4 is 0 Å². The summed E-state index contributed by atoms with van der Waals surface area (Å²) in [6.45, 7) is 6.90. The molecule has 20 heavy (non-hydrogen) atoms. The predicted molar refractivity (Wildman–Crippen MR) is 76.6 cm³/mol. The Morgan fingerprint density at radius 3 is 2.65 bits per heavy atom. The number of nitrogens with one attached hydrogen (secondary N) is 1. The van der Waals surface area contributed by atoms with Gasteiger partial charge < -0.3 is 10.1 Å². The molecule has 0 saturated carbocycles. The maximum atomic E-state index is 5.56. The third-order valence-corrected chi connectivity index (χ3v) is 2.71. The molecule has 6 nitrogen and oxygen atoms in total. The Morgan fingerprint density at radius 1 is 1.15 bits per heavy atom. The van der Waals surface area contributed by atoms with Crippen LogP contribution in [0, 0.1) is 0 Å². The average molecular weight is 275 g/mol. The van der Waals surface area contributed by atoms with Crippen molar-refractivity contribution < 1.29 is 4.74 Å². The second-order valence-corrected chi connectivity index (χ2v) is 4.59. The van der Waals surface area contributed by atoms with E-state index in [1.54, 1.807) is 18.6 Å². The molecule has 0 bridgehead atoms. The summed E-state index contributed by atoms with van der Waals surface area (Å²) in [5.41, 5.74) is 1.05. The Morgan fingerprint density at radius 2 is 1.95 bits per heavy atom. The minimum Gasteiger partial charge on any atom is -0.421 e. The van der Waals surface area contributed by atoms with Gasteiger partial charge in [0.1, 0.15) is 0 Å². The van der Waals surface area contributed by atoms with E-state index in [-0.39, 0.29) is 0 Å². The summed E-state index contributed by atoms with van der Waals surface area (Å²) in [7, 11) is 0. The molecule has 0 spiro atoms. The highest BCUT2D eigenvalue weighted by molar-refractivity contribution is 5.17. The van der Waals surface area contributed by atoms with Gasteiger partial charge in [-0.3, -0.25) is 4.68 Å². The van der Waals surface area contributed by atoms with Crippen LogP contribution in [0.3, 0.4) is 0 Å². The van der Waals surface area contributed by atoms with Gasteiger partial charge in [0.05, 0.1) is 12.4 Å². The van der Waals surface area contributed by atoms with E-state index in [4.69, 9.17) is 4.74 Å². The average Bonchev–Trinajstić information content (AvgIpc) is 2.89. The lowest BCUT2D eigenvalue weighted by Crippen LogP contribution is -2.14. The lowest BCUT2D eigenvalue weighted by Gasteiger charge is -2.04. The lowest BCUT2D eigenvalue weighted by atomic mass is 10.3. The molecule has 0 atom stereocenters. The quantitative estimate of drug-likeness (QED) is 0.749. The number of rotatable bonds is 8. The number of nitrogens with zero attached hydrogens (tertiary/aromatic N) is 4.